The summed E-state index contributed by atoms with van der Waals surface area (Å²) in [6.45, 7) is 6.71. The Balaban J connectivity index is 2.02. The molecule has 3 nitrogen and oxygen atoms in total. The number of hydrogen-bond acceptors (Lipinski definition) is 2. The van der Waals surface area contributed by atoms with Crippen molar-refractivity contribution in [2.24, 2.45) is 10.7 Å². The predicted molar refractivity (Wildman–Crippen MR) is 120 cm³/mol. The molecule has 2 aromatic carbocycles. The first-order chi connectivity index (χ1) is 13.1. The van der Waals surface area contributed by atoms with Crippen molar-refractivity contribution in [1.82, 2.24) is 0 Å². The van der Waals surface area contributed by atoms with Gasteiger partial charge in [0.25, 0.3) is 0 Å². The first kappa shape index (κ1) is 21.0. The van der Waals surface area contributed by atoms with Gasteiger partial charge in [-0.3, -0.25) is 0 Å². The Morgan fingerprint density at radius 1 is 0.963 bits per heavy atom. The molecular formula is C23H30ClN3. The predicted octanol–water partition coefficient (Wildman–Crippen LogP) is 6.45. The van der Waals surface area contributed by atoms with Gasteiger partial charge in [0.15, 0.2) is 0 Å². The smallest absolute Gasteiger partial charge is 0.124 e. The molecule has 2 N–H and O–H groups in total. The molecule has 2 rings (SSSR count). The lowest BCUT2D eigenvalue weighted by atomic mass is 10.1. The first-order valence-corrected chi connectivity index (χ1v) is 10.1. The number of hydrogen-bond donors (Lipinski definition) is 1. The van der Waals surface area contributed by atoms with Crippen LogP contribution < -0.4 is 10.6 Å². The van der Waals surface area contributed by atoms with Crippen LogP contribution >= 0.6 is 11.6 Å². The van der Waals surface area contributed by atoms with Gasteiger partial charge < -0.3 is 10.6 Å². The van der Waals surface area contributed by atoms with E-state index in [1.807, 2.05) is 24.3 Å². The van der Waals surface area contributed by atoms with E-state index in [9.17, 15) is 0 Å². The zero-order valence-corrected chi connectivity index (χ0v) is 17.1. The highest BCUT2D eigenvalue weighted by Gasteiger charge is 2.05. The van der Waals surface area contributed by atoms with Crippen LogP contribution in [0, 0.1) is 0 Å². The SMILES string of the molecule is CCCCN(CCCC)c1ccc(C=CC(N)=Nc2ccc(Cl)cc2)cc1. The van der Waals surface area contributed by atoms with Gasteiger partial charge in [-0.1, -0.05) is 56.5 Å². The van der Waals surface area contributed by atoms with Crippen molar-refractivity contribution >= 4 is 34.9 Å². The fourth-order valence-electron chi connectivity index (χ4n) is 2.75. The third-order valence-electron chi connectivity index (χ3n) is 4.35. The maximum Gasteiger partial charge on any atom is 0.124 e. The number of nitrogens with two attached hydrogens (primary N) is 1. The van der Waals surface area contributed by atoms with Gasteiger partial charge in [-0.15, -0.1) is 0 Å². The molecule has 0 aliphatic carbocycles. The number of nitrogens with zero attached hydrogens (tertiary/aromatic N) is 2. The van der Waals surface area contributed by atoms with Crippen LogP contribution in [0.4, 0.5) is 11.4 Å². The number of anilines is 1. The van der Waals surface area contributed by atoms with Crippen LogP contribution in [0.25, 0.3) is 6.08 Å². The van der Waals surface area contributed by atoms with Crippen LogP contribution in [0.2, 0.25) is 5.02 Å². The highest BCUT2D eigenvalue weighted by atomic mass is 35.5. The Morgan fingerprint density at radius 3 is 2.11 bits per heavy atom. The normalized spacial score (nSPS) is 11.9. The standard InChI is InChI=1S/C23H30ClN3/c1-3-5-17-27(18-6-4-2)22-14-7-19(8-15-22)9-16-23(25)26-21-12-10-20(24)11-13-21/h7-16H,3-6,17-18H2,1-2H3,(H2,25,26). The minimum absolute atomic E-state index is 0.467. The van der Waals surface area contributed by atoms with Crippen molar-refractivity contribution in [1.29, 1.82) is 0 Å². The second-order valence-corrected chi connectivity index (χ2v) is 7.07. The number of unbranched alkanes of at least 4 members (excludes halogenated alkanes) is 2. The summed E-state index contributed by atoms with van der Waals surface area (Å²) in [7, 11) is 0. The average molecular weight is 384 g/mol. The Hall–Kier alpha value is -2.26. The number of halogens is 1. The Bertz CT molecular complexity index is 725. The van der Waals surface area contributed by atoms with E-state index in [0.717, 1.165) is 24.3 Å². The van der Waals surface area contributed by atoms with E-state index in [0.29, 0.717) is 10.9 Å². The molecule has 0 spiro atoms. The van der Waals surface area contributed by atoms with Crippen LogP contribution in [-0.4, -0.2) is 18.9 Å². The van der Waals surface area contributed by atoms with E-state index < -0.39 is 0 Å². The summed E-state index contributed by atoms with van der Waals surface area (Å²) in [6, 6.07) is 15.9. The Labute approximate surface area is 168 Å². The van der Waals surface area contributed by atoms with Crippen LogP contribution in [0.5, 0.6) is 0 Å². The summed E-state index contributed by atoms with van der Waals surface area (Å²) in [5.41, 5.74) is 9.19. The Morgan fingerprint density at radius 2 is 1.56 bits per heavy atom. The molecular weight excluding hydrogens is 354 g/mol. The van der Waals surface area contributed by atoms with E-state index >= 15 is 0 Å². The van der Waals surface area contributed by atoms with Crippen molar-refractivity contribution in [3.63, 3.8) is 0 Å². The largest absolute Gasteiger partial charge is 0.384 e. The van der Waals surface area contributed by atoms with E-state index in [1.165, 1.54) is 31.4 Å². The minimum Gasteiger partial charge on any atom is -0.384 e. The molecule has 2 aromatic rings. The molecule has 0 amide bonds. The zero-order chi connectivity index (χ0) is 19.5. The average Bonchev–Trinajstić information content (AvgIpc) is 2.69. The van der Waals surface area contributed by atoms with E-state index in [2.05, 4.69) is 48.0 Å². The summed E-state index contributed by atoms with van der Waals surface area (Å²) in [6.07, 6.45) is 8.70. The van der Waals surface area contributed by atoms with Crippen molar-refractivity contribution in [3.8, 4) is 0 Å². The molecule has 0 aliphatic rings. The first-order valence-electron chi connectivity index (χ1n) is 9.75. The third-order valence-corrected chi connectivity index (χ3v) is 4.60. The second-order valence-electron chi connectivity index (χ2n) is 6.63. The molecule has 27 heavy (non-hydrogen) atoms. The van der Waals surface area contributed by atoms with Crippen LogP contribution in [-0.2, 0) is 0 Å². The third kappa shape index (κ3) is 7.48. The molecule has 0 bridgehead atoms. The van der Waals surface area contributed by atoms with Crippen molar-refractivity contribution in [2.75, 3.05) is 18.0 Å². The Kier molecular flexibility index (Phi) is 8.93. The van der Waals surface area contributed by atoms with Crippen molar-refractivity contribution < 1.29 is 0 Å². The summed E-state index contributed by atoms with van der Waals surface area (Å²) in [4.78, 5) is 6.85. The van der Waals surface area contributed by atoms with Gasteiger partial charge in [0.05, 0.1) is 5.69 Å². The van der Waals surface area contributed by atoms with Crippen molar-refractivity contribution in [2.45, 2.75) is 39.5 Å². The van der Waals surface area contributed by atoms with Gasteiger partial charge in [-0.05, 0) is 60.9 Å². The van der Waals surface area contributed by atoms with Gasteiger partial charge in [-0.25, -0.2) is 4.99 Å². The monoisotopic (exact) mass is 383 g/mol. The van der Waals surface area contributed by atoms with Gasteiger partial charge in [-0.2, -0.15) is 0 Å². The molecule has 0 atom stereocenters. The molecule has 144 valence electrons. The molecule has 0 radical (unpaired) electrons. The topological polar surface area (TPSA) is 41.6 Å². The zero-order valence-electron chi connectivity index (χ0n) is 16.4. The number of aliphatic imine (C=N–C) groups is 1. The van der Waals surface area contributed by atoms with E-state index in [-0.39, 0.29) is 0 Å². The summed E-state index contributed by atoms with van der Waals surface area (Å²) in [5, 5.41) is 0.690. The molecule has 0 fully saturated rings. The van der Waals surface area contributed by atoms with E-state index in [4.69, 9.17) is 17.3 Å². The van der Waals surface area contributed by atoms with Gasteiger partial charge in [0.1, 0.15) is 5.84 Å². The van der Waals surface area contributed by atoms with Gasteiger partial charge in [0.2, 0.25) is 0 Å². The minimum atomic E-state index is 0.467. The highest BCUT2D eigenvalue weighted by molar-refractivity contribution is 6.30. The molecule has 0 saturated heterocycles. The molecule has 0 saturated carbocycles. The molecule has 0 aromatic heterocycles. The van der Waals surface area contributed by atoms with Crippen molar-refractivity contribution in [3.05, 3.63) is 65.2 Å². The highest BCUT2D eigenvalue weighted by Crippen LogP contribution is 2.18. The number of benzene rings is 2. The number of amidine groups is 1. The maximum absolute atomic E-state index is 6.00. The lowest BCUT2D eigenvalue weighted by Gasteiger charge is -2.24. The van der Waals surface area contributed by atoms with Gasteiger partial charge in [0, 0.05) is 23.8 Å². The summed E-state index contributed by atoms with van der Waals surface area (Å²) in [5.74, 6) is 0.467. The quantitative estimate of drug-likeness (QED) is 0.378. The summed E-state index contributed by atoms with van der Waals surface area (Å²) < 4.78 is 0. The van der Waals surface area contributed by atoms with Crippen LogP contribution in [0.3, 0.4) is 0 Å². The van der Waals surface area contributed by atoms with Gasteiger partial charge >= 0.3 is 0 Å². The maximum atomic E-state index is 6.00. The lowest BCUT2D eigenvalue weighted by Crippen LogP contribution is -2.25. The lowest BCUT2D eigenvalue weighted by molar-refractivity contribution is 0.678. The van der Waals surface area contributed by atoms with Crippen LogP contribution in [0.15, 0.2) is 59.6 Å². The fraction of sp³-hybridized carbons (Fsp3) is 0.348. The van der Waals surface area contributed by atoms with Crippen LogP contribution in [0.1, 0.15) is 45.1 Å². The molecule has 0 unspecified atom stereocenters. The molecule has 0 aliphatic heterocycles. The summed E-state index contributed by atoms with van der Waals surface area (Å²) >= 11 is 5.88. The molecule has 0 heterocycles. The number of rotatable bonds is 10. The second kappa shape index (κ2) is 11.5. The fourth-order valence-corrected chi connectivity index (χ4v) is 2.87. The van der Waals surface area contributed by atoms with E-state index in [1.54, 1.807) is 12.1 Å². The molecule has 4 heteroatoms.